The second-order valence-corrected chi connectivity index (χ2v) is 5.56. The molecule has 10 heteroatoms. The van der Waals surface area contributed by atoms with E-state index in [1.165, 1.54) is 0 Å². The van der Waals surface area contributed by atoms with Crippen molar-refractivity contribution in [1.82, 2.24) is 4.72 Å². The van der Waals surface area contributed by atoms with Crippen LogP contribution in [0.5, 0.6) is 0 Å². The third kappa shape index (κ3) is 3.92. The van der Waals surface area contributed by atoms with Gasteiger partial charge >= 0.3 is 5.69 Å². The highest BCUT2D eigenvalue weighted by molar-refractivity contribution is 7.89. The molecule has 0 aliphatic heterocycles. The van der Waals surface area contributed by atoms with Gasteiger partial charge in [0, 0.05) is 25.3 Å². The number of sulfonamides is 1. The zero-order valence-corrected chi connectivity index (χ0v) is 11.0. The van der Waals surface area contributed by atoms with Crippen LogP contribution in [0.1, 0.15) is 12.8 Å². The van der Waals surface area contributed by atoms with Crippen molar-refractivity contribution in [2.24, 2.45) is 0 Å². The first kappa shape index (κ1) is 16.4. The molecule has 0 atom stereocenters. The molecule has 0 aromatic heterocycles. The maximum absolute atomic E-state index is 13.4. The number of unbranched alkanes of at least 4 members (excludes halogenated alkanes) is 1. The minimum Gasteiger partial charge on any atom is -0.396 e. The summed E-state index contributed by atoms with van der Waals surface area (Å²) in [5, 5.41) is 19.0. The molecule has 0 spiro atoms. The number of nitrogens with one attached hydrogen (secondary N) is 1. The van der Waals surface area contributed by atoms with Crippen molar-refractivity contribution in [1.29, 1.82) is 0 Å². The number of nitro groups is 1. The molecule has 0 unspecified atom stereocenters. The van der Waals surface area contributed by atoms with Crippen LogP contribution in [-0.2, 0) is 10.0 Å². The molecule has 2 N–H and O–H groups in total. The van der Waals surface area contributed by atoms with Crippen LogP contribution in [0.2, 0.25) is 0 Å². The lowest BCUT2D eigenvalue weighted by Crippen LogP contribution is -2.26. The van der Waals surface area contributed by atoms with Gasteiger partial charge in [-0.2, -0.15) is 4.39 Å². The fourth-order valence-corrected chi connectivity index (χ4v) is 2.54. The van der Waals surface area contributed by atoms with Gasteiger partial charge < -0.3 is 5.11 Å². The smallest absolute Gasteiger partial charge is 0.306 e. The molecular weight excluding hydrogens is 298 g/mol. The Hall–Kier alpha value is -1.65. The summed E-state index contributed by atoms with van der Waals surface area (Å²) < 4.78 is 52.0. The first-order chi connectivity index (χ1) is 9.29. The van der Waals surface area contributed by atoms with E-state index >= 15 is 0 Å². The number of aliphatic hydroxyl groups is 1. The molecule has 0 bridgehead atoms. The molecule has 0 saturated carbocycles. The van der Waals surface area contributed by atoms with E-state index in [0.717, 1.165) is 0 Å². The molecule has 0 radical (unpaired) electrons. The summed E-state index contributed by atoms with van der Waals surface area (Å²) >= 11 is 0. The minimum atomic E-state index is -4.32. The van der Waals surface area contributed by atoms with Gasteiger partial charge in [-0.25, -0.2) is 17.5 Å². The molecule has 1 aromatic carbocycles. The Kier molecular flexibility index (Phi) is 5.48. The highest BCUT2D eigenvalue weighted by Gasteiger charge is 2.25. The zero-order chi connectivity index (χ0) is 15.3. The minimum absolute atomic E-state index is 0.0759. The van der Waals surface area contributed by atoms with Crippen LogP contribution in [0.15, 0.2) is 17.0 Å². The van der Waals surface area contributed by atoms with Gasteiger partial charge in [-0.1, -0.05) is 0 Å². The third-order valence-corrected chi connectivity index (χ3v) is 3.84. The summed E-state index contributed by atoms with van der Waals surface area (Å²) in [6, 6.07) is 0.486. The number of halogens is 2. The number of nitrogens with zero attached hydrogens (tertiary/aromatic N) is 1. The quantitative estimate of drug-likeness (QED) is 0.442. The van der Waals surface area contributed by atoms with E-state index in [-0.39, 0.29) is 19.2 Å². The molecular formula is C10H12F2N2O5S. The average molecular weight is 310 g/mol. The number of benzene rings is 1. The van der Waals surface area contributed by atoms with Crippen LogP contribution in [0.25, 0.3) is 0 Å². The molecule has 20 heavy (non-hydrogen) atoms. The number of aliphatic hydroxyl groups excluding tert-OH is 1. The standard InChI is InChI=1S/C10H12F2N2O5S/c11-7-5-8(12)10(6-9(7)14(16)17)20(18,19)13-3-1-2-4-15/h5-6,13,15H,1-4H2. The van der Waals surface area contributed by atoms with E-state index in [1.54, 1.807) is 0 Å². The predicted molar refractivity (Wildman–Crippen MR) is 64.5 cm³/mol. The molecule has 0 aliphatic rings. The highest BCUT2D eigenvalue weighted by Crippen LogP contribution is 2.24. The van der Waals surface area contributed by atoms with Crippen LogP contribution >= 0.6 is 0 Å². The summed E-state index contributed by atoms with van der Waals surface area (Å²) in [5.41, 5.74) is -1.12. The summed E-state index contributed by atoms with van der Waals surface area (Å²) in [5.74, 6) is -2.87. The molecule has 0 saturated heterocycles. The first-order valence-electron chi connectivity index (χ1n) is 5.53. The summed E-state index contributed by atoms with van der Waals surface area (Å²) in [4.78, 5) is 8.38. The molecule has 0 heterocycles. The van der Waals surface area contributed by atoms with Gasteiger partial charge in [0.2, 0.25) is 15.8 Å². The van der Waals surface area contributed by atoms with E-state index < -0.39 is 37.2 Å². The topological polar surface area (TPSA) is 110 Å². The highest BCUT2D eigenvalue weighted by atomic mass is 32.2. The lowest BCUT2D eigenvalue weighted by molar-refractivity contribution is -0.387. The molecule has 112 valence electrons. The van der Waals surface area contributed by atoms with Gasteiger partial charge in [-0.15, -0.1) is 0 Å². The van der Waals surface area contributed by atoms with Crippen molar-refractivity contribution in [3.05, 3.63) is 33.9 Å². The number of rotatable bonds is 7. The van der Waals surface area contributed by atoms with Crippen molar-refractivity contribution in [3.8, 4) is 0 Å². The van der Waals surface area contributed by atoms with Crippen molar-refractivity contribution in [3.63, 3.8) is 0 Å². The second-order valence-electron chi connectivity index (χ2n) is 3.82. The van der Waals surface area contributed by atoms with Crippen LogP contribution in [0.3, 0.4) is 0 Å². The Bertz CT molecular complexity index is 606. The Morgan fingerprint density at radius 2 is 1.90 bits per heavy atom. The summed E-state index contributed by atoms with van der Waals surface area (Å²) in [7, 11) is -4.32. The first-order valence-corrected chi connectivity index (χ1v) is 7.02. The van der Waals surface area contributed by atoms with Crippen LogP contribution < -0.4 is 4.72 Å². The molecule has 0 fully saturated rings. The Morgan fingerprint density at radius 1 is 1.25 bits per heavy atom. The largest absolute Gasteiger partial charge is 0.396 e. The van der Waals surface area contributed by atoms with E-state index in [0.29, 0.717) is 18.9 Å². The van der Waals surface area contributed by atoms with Gasteiger partial charge in [0.1, 0.15) is 10.7 Å². The lowest BCUT2D eigenvalue weighted by Gasteiger charge is -2.07. The SMILES string of the molecule is O=[N+]([O-])c1cc(S(=O)(=O)NCCCCO)c(F)cc1F. The maximum atomic E-state index is 13.4. The third-order valence-electron chi connectivity index (χ3n) is 2.36. The van der Waals surface area contributed by atoms with Gasteiger partial charge in [-0.05, 0) is 12.8 Å². The van der Waals surface area contributed by atoms with Gasteiger partial charge in [-0.3, -0.25) is 10.1 Å². The van der Waals surface area contributed by atoms with Crippen molar-refractivity contribution < 1.29 is 27.2 Å². The van der Waals surface area contributed by atoms with Gasteiger partial charge in [0.05, 0.1) is 4.92 Å². The van der Waals surface area contributed by atoms with Crippen LogP contribution in [0, 0.1) is 21.7 Å². The number of nitro benzene ring substituents is 1. The lowest BCUT2D eigenvalue weighted by atomic mass is 10.3. The van der Waals surface area contributed by atoms with Gasteiger partial charge in [0.15, 0.2) is 0 Å². The zero-order valence-electron chi connectivity index (χ0n) is 10.2. The van der Waals surface area contributed by atoms with Crippen LogP contribution in [-0.4, -0.2) is 31.6 Å². The monoisotopic (exact) mass is 310 g/mol. The molecule has 1 aromatic rings. The average Bonchev–Trinajstić information content (AvgIpc) is 2.33. The molecule has 1 rings (SSSR count). The van der Waals surface area contributed by atoms with Gasteiger partial charge in [0.25, 0.3) is 0 Å². The van der Waals surface area contributed by atoms with E-state index in [1.807, 2.05) is 4.72 Å². The summed E-state index contributed by atoms with van der Waals surface area (Å²) in [6.07, 6.45) is 0.648. The predicted octanol–water partition coefficient (Wildman–Crippen LogP) is 0.924. The fourth-order valence-electron chi connectivity index (χ4n) is 1.39. The molecule has 0 amide bonds. The number of hydrogen-bond acceptors (Lipinski definition) is 5. The Morgan fingerprint density at radius 3 is 2.45 bits per heavy atom. The summed E-state index contributed by atoms with van der Waals surface area (Å²) in [6.45, 7) is -0.203. The van der Waals surface area contributed by atoms with Crippen molar-refractivity contribution in [2.75, 3.05) is 13.2 Å². The van der Waals surface area contributed by atoms with Crippen molar-refractivity contribution >= 4 is 15.7 Å². The van der Waals surface area contributed by atoms with E-state index in [4.69, 9.17) is 5.11 Å². The van der Waals surface area contributed by atoms with E-state index in [9.17, 15) is 27.3 Å². The fraction of sp³-hybridized carbons (Fsp3) is 0.400. The Balaban J connectivity index is 3.05. The second kappa shape index (κ2) is 6.68. The molecule has 0 aliphatic carbocycles. The number of hydrogen-bond donors (Lipinski definition) is 2. The van der Waals surface area contributed by atoms with Crippen molar-refractivity contribution in [2.45, 2.75) is 17.7 Å². The van der Waals surface area contributed by atoms with E-state index in [2.05, 4.69) is 0 Å². The van der Waals surface area contributed by atoms with Crippen LogP contribution in [0.4, 0.5) is 14.5 Å². The normalized spacial score (nSPS) is 11.6. The Labute approximate surface area is 113 Å². The molecule has 7 nitrogen and oxygen atoms in total. The maximum Gasteiger partial charge on any atom is 0.306 e.